The lowest BCUT2D eigenvalue weighted by Crippen LogP contribution is -2.44. The number of benzene rings is 3. The average molecular weight is 609 g/mol. The molecule has 0 aliphatic carbocycles. The van der Waals surface area contributed by atoms with Crippen molar-refractivity contribution in [2.45, 2.75) is 12.1 Å². The first-order valence-electron chi connectivity index (χ1n) is 13.4. The lowest BCUT2D eigenvalue weighted by molar-refractivity contribution is 0.0266. The molecule has 1 aliphatic rings. The maximum absolute atomic E-state index is 13.3. The van der Waals surface area contributed by atoms with Crippen molar-refractivity contribution >= 4 is 23.8 Å². The fourth-order valence-corrected chi connectivity index (χ4v) is 4.45. The van der Waals surface area contributed by atoms with E-state index in [9.17, 15) is 24.3 Å². The monoisotopic (exact) mass is 608 g/mol. The number of carbonyl (C=O) groups is 4. The molecule has 1 heterocycles. The quantitative estimate of drug-likeness (QED) is 0.167. The number of ketones is 1. The Morgan fingerprint density at radius 3 is 2.05 bits per heavy atom. The topological polar surface area (TPSA) is 159 Å². The van der Waals surface area contributed by atoms with E-state index in [1.165, 1.54) is 45.6 Å². The molecule has 2 N–H and O–H groups in total. The lowest BCUT2D eigenvalue weighted by atomic mass is 10.0. The van der Waals surface area contributed by atoms with Gasteiger partial charge in [-0.3, -0.25) is 9.59 Å². The molecule has 1 saturated heterocycles. The van der Waals surface area contributed by atoms with Gasteiger partial charge in [0.1, 0.15) is 23.4 Å². The summed E-state index contributed by atoms with van der Waals surface area (Å²) in [7, 11) is 4.43. The van der Waals surface area contributed by atoms with Crippen molar-refractivity contribution in [3.63, 3.8) is 0 Å². The zero-order valence-electron chi connectivity index (χ0n) is 24.3. The van der Waals surface area contributed by atoms with Crippen LogP contribution in [-0.4, -0.2) is 93.9 Å². The Kier molecular flexibility index (Phi) is 10.7. The summed E-state index contributed by atoms with van der Waals surface area (Å²) in [4.78, 5) is 52.0. The van der Waals surface area contributed by atoms with Gasteiger partial charge in [-0.05, 0) is 54.6 Å². The molecule has 232 valence electrons. The maximum Gasteiger partial charge on any atom is 0.407 e. The summed E-state index contributed by atoms with van der Waals surface area (Å²) in [6.45, 7) is -0.213. The van der Waals surface area contributed by atoms with Crippen LogP contribution in [0.4, 0.5) is 4.79 Å². The highest BCUT2D eigenvalue weighted by atomic mass is 16.7. The molecule has 0 saturated carbocycles. The molecule has 0 radical (unpaired) electrons. The Morgan fingerprint density at radius 1 is 0.795 bits per heavy atom. The Balaban J connectivity index is 1.44. The standard InChI is InChI=1S/C31H32N2O11/c1-39-17-42-22-10-8-20(9-11-22)29(35)32-25-15-33(31(37)38)16-27(25)44-30(36)21-6-4-19(5-7-21)28(34)24-14-23(41-3)12-13-26(24)43-18-40-2/h4-14,25,27H,15-18H2,1-3H3,(H,32,35)(H,37,38). The minimum atomic E-state index is -1.21. The highest BCUT2D eigenvalue weighted by molar-refractivity contribution is 6.11. The maximum atomic E-state index is 13.3. The summed E-state index contributed by atoms with van der Waals surface area (Å²) < 4.78 is 31.5. The number of hydrogen-bond acceptors (Lipinski definition) is 10. The summed E-state index contributed by atoms with van der Waals surface area (Å²) in [6, 6.07) is 16.1. The van der Waals surface area contributed by atoms with Crippen LogP contribution < -0.4 is 19.5 Å². The van der Waals surface area contributed by atoms with E-state index in [1.54, 1.807) is 42.5 Å². The molecule has 0 spiro atoms. The summed E-state index contributed by atoms with van der Waals surface area (Å²) in [5, 5.41) is 12.3. The van der Waals surface area contributed by atoms with Crippen LogP contribution in [0, 0.1) is 0 Å². The summed E-state index contributed by atoms with van der Waals surface area (Å²) in [5.74, 6) is -0.330. The number of nitrogens with zero attached hydrogens (tertiary/aromatic N) is 1. The summed E-state index contributed by atoms with van der Waals surface area (Å²) in [6.07, 6.45) is -2.16. The second-order valence-electron chi connectivity index (χ2n) is 9.61. The van der Waals surface area contributed by atoms with Gasteiger partial charge in [-0.15, -0.1) is 0 Å². The molecular formula is C31H32N2O11. The number of ether oxygens (including phenoxy) is 6. The first kappa shape index (κ1) is 31.8. The average Bonchev–Trinajstić information content (AvgIpc) is 3.44. The number of carbonyl (C=O) groups excluding carboxylic acids is 3. The van der Waals surface area contributed by atoms with E-state index in [4.69, 9.17) is 28.4 Å². The first-order chi connectivity index (χ1) is 21.2. The lowest BCUT2D eigenvalue weighted by Gasteiger charge is -2.20. The van der Waals surface area contributed by atoms with Gasteiger partial charge in [0.05, 0.1) is 30.8 Å². The number of esters is 1. The number of methoxy groups -OCH3 is 3. The second-order valence-corrected chi connectivity index (χ2v) is 9.61. The number of hydrogen-bond donors (Lipinski definition) is 2. The van der Waals surface area contributed by atoms with Crippen LogP contribution in [0.5, 0.6) is 17.2 Å². The predicted octanol–water partition coefficient (Wildman–Crippen LogP) is 3.21. The van der Waals surface area contributed by atoms with Crippen LogP contribution in [-0.2, 0) is 14.2 Å². The van der Waals surface area contributed by atoms with Crippen molar-refractivity contribution in [1.82, 2.24) is 10.2 Å². The van der Waals surface area contributed by atoms with Crippen LogP contribution in [0.1, 0.15) is 36.6 Å². The molecule has 1 aliphatic heterocycles. The van der Waals surface area contributed by atoms with Gasteiger partial charge < -0.3 is 43.7 Å². The number of carboxylic acid groups (broad SMARTS) is 1. The van der Waals surface area contributed by atoms with Crippen molar-refractivity contribution < 1.29 is 52.7 Å². The number of amides is 2. The highest BCUT2D eigenvalue weighted by Gasteiger charge is 2.39. The van der Waals surface area contributed by atoms with Gasteiger partial charge in [-0.1, -0.05) is 12.1 Å². The normalized spacial score (nSPS) is 15.8. The van der Waals surface area contributed by atoms with Crippen molar-refractivity contribution in [2.75, 3.05) is 48.0 Å². The van der Waals surface area contributed by atoms with E-state index in [0.717, 1.165) is 4.90 Å². The predicted molar refractivity (Wildman–Crippen MR) is 154 cm³/mol. The molecule has 3 aromatic rings. The third-order valence-electron chi connectivity index (χ3n) is 6.72. The molecular weight excluding hydrogens is 576 g/mol. The van der Waals surface area contributed by atoms with Gasteiger partial charge in [-0.25, -0.2) is 9.59 Å². The van der Waals surface area contributed by atoms with E-state index in [-0.39, 0.29) is 49.1 Å². The number of nitrogens with one attached hydrogen (secondary N) is 1. The molecule has 3 aromatic carbocycles. The molecule has 13 nitrogen and oxygen atoms in total. The van der Waals surface area contributed by atoms with E-state index in [1.807, 2.05) is 0 Å². The zero-order valence-corrected chi connectivity index (χ0v) is 24.3. The number of rotatable bonds is 13. The molecule has 0 aromatic heterocycles. The summed E-state index contributed by atoms with van der Waals surface area (Å²) >= 11 is 0. The van der Waals surface area contributed by atoms with Crippen molar-refractivity contribution in [1.29, 1.82) is 0 Å². The SMILES string of the molecule is COCOc1ccc(C(=O)NC2CN(C(=O)O)CC2OC(=O)c2ccc(C(=O)c3cc(OC)ccc3OCOC)cc2)cc1. The van der Waals surface area contributed by atoms with Gasteiger partial charge in [0, 0.05) is 31.9 Å². The molecule has 44 heavy (non-hydrogen) atoms. The molecule has 4 rings (SSSR count). The minimum Gasteiger partial charge on any atom is -0.497 e. The van der Waals surface area contributed by atoms with Crippen molar-refractivity contribution in [3.05, 3.63) is 89.0 Å². The Morgan fingerprint density at radius 2 is 1.41 bits per heavy atom. The fourth-order valence-electron chi connectivity index (χ4n) is 4.45. The van der Waals surface area contributed by atoms with Crippen LogP contribution in [0.2, 0.25) is 0 Å². The largest absolute Gasteiger partial charge is 0.497 e. The highest BCUT2D eigenvalue weighted by Crippen LogP contribution is 2.27. The Bertz CT molecular complexity index is 1470. The molecule has 1 fully saturated rings. The Hall–Kier alpha value is -5.14. The van der Waals surface area contributed by atoms with Crippen LogP contribution >= 0.6 is 0 Å². The third kappa shape index (κ3) is 7.82. The smallest absolute Gasteiger partial charge is 0.407 e. The Labute approximate surface area is 253 Å². The van der Waals surface area contributed by atoms with Crippen molar-refractivity contribution in [2.24, 2.45) is 0 Å². The van der Waals surface area contributed by atoms with E-state index >= 15 is 0 Å². The van der Waals surface area contributed by atoms with Crippen LogP contribution in [0.3, 0.4) is 0 Å². The van der Waals surface area contributed by atoms with Crippen LogP contribution in [0.15, 0.2) is 66.7 Å². The van der Waals surface area contributed by atoms with Gasteiger partial charge >= 0.3 is 12.1 Å². The molecule has 2 amide bonds. The summed E-state index contributed by atoms with van der Waals surface area (Å²) in [5.41, 5.74) is 0.958. The van der Waals surface area contributed by atoms with Crippen LogP contribution in [0.25, 0.3) is 0 Å². The zero-order chi connectivity index (χ0) is 31.6. The molecule has 2 unspecified atom stereocenters. The minimum absolute atomic E-state index is 0.0533. The van der Waals surface area contributed by atoms with E-state index in [2.05, 4.69) is 5.32 Å². The molecule has 2 atom stereocenters. The molecule has 13 heteroatoms. The van der Waals surface area contributed by atoms with E-state index in [0.29, 0.717) is 22.8 Å². The second kappa shape index (κ2) is 14.8. The number of likely N-dealkylation sites (tertiary alicyclic amines) is 1. The van der Waals surface area contributed by atoms with Gasteiger partial charge in [0.25, 0.3) is 5.91 Å². The van der Waals surface area contributed by atoms with Crippen molar-refractivity contribution in [3.8, 4) is 17.2 Å². The van der Waals surface area contributed by atoms with Gasteiger partial charge in [-0.2, -0.15) is 0 Å². The fraction of sp³-hybridized carbons (Fsp3) is 0.290. The molecule has 0 bridgehead atoms. The van der Waals surface area contributed by atoms with E-state index < -0.39 is 30.1 Å². The third-order valence-corrected chi connectivity index (χ3v) is 6.72. The van der Waals surface area contributed by atoms with Gasteiger partial charge in [0.15, 0.2) is 19.4 Å². The van der Waals surface area contributed by atoms with Gasteiger partial charge in [0.2, 0.25) is 0 Å². The first-order valence-corrected chi connectivity index (χ1v) is 13.4.